The van der Waals surface area contributed by atoms with Gasteiger partial charge in [-0.15, -0.1) is 10.2 Å². The van der Waals surface area contributed by atoms with Gasteiger partial charge in [-0.1, -0.05) is 87.0 Å². The predicted molar refractivity (Wildman–Crippen MR) is 163 cm³/mol. The molecule has 6 rings (SSSR count). The van der Waals surface area contributed by atoms with Gasteiger partial charge in [-0.2, -0.15) is 5.21 Å². The fourth-order valence-corrected chi connectivity index (χ4v) is 5.39. The van der Waals surface area contributed by atoms with Crippen LogP contribution >= 0.6 is 0 Å². The third kappa shape index (κ3) is 4.96. The second kappa shape index (κ2) is 11.8. The molecule has 0 bridgehead atoms. The Balaban J connectivity index is 1.47. The smallest absolute Gasteiger partial charge is 0.318 e. The van der Waals surface area contributed by atoms with E-state index in [2.05, 4.69) is 51.8 Å². The molecule has 0 fully saturated rings. The molecule has 0 radical (unpaired) electrons. The van der Waals surface area contributed by atoms with Crippen LogP contribution in [0, 0.1) is 0 Å². The molecular formula is C32H32N8O2. The van der Waals surface area contributed by atoms with Crippen molar-refractivity contribution in [2.45, 2.75) is 52.6 Å². The fraction of sp³-hybridized carbons (Fsp3) is 0.250. The van der Waals surface area contributed by atoms with Crippen LogP contribution in [-0.2, 0) is 19.5 Å². The highest BCUT2D eigenvalue weighted by molar-refractivity contribution is 5.80. The highest BCUT2D eigenvalue weighted by Gasteiger charge is 2.22. The van der Waals surface area contributed by atoms with Gasteiger partial charge in [-0.3, -0.25) is 9.36 Å². The SMILES string of the molecule is CCCCc1nc2c(c(=O)n(-c3ccccc3)c(=O)n2CCC)n1Cc1ccc(-c2ccccc2-c2nn[nH]n2)cc1. The first-order valence-corrected chi connectivity index (χ1v) is 14.3. The van der Waals surface area contributed by atoms with Crippen LogP contribution in [0.4, 0.5) is 0 Å². The summed E-state index contributed by atoms with van der Waals surface area (Å²) in [5.41, 5.74) is 4.66. The van der Waals surface area contributed by atoms with Gasteiger partial charge in [0.05, 0.1) is 5.69 Å². The third-order valence-corrected chi connectivity index (χ3v) is 7.45. The molecular weight excluding hydrogens is 528 g/mol. The number of nitrogens with one attached hydrogen (secondary N) is 1. The molecule has 0 unspecified atom stereocenters. The number of fused-ring (bicyclic) bond motifs is 1. The highest BCUT2D eigenvalue weighted by Crippen LogP contribution is 2.30. The average Bonchev–Trinajstić information content (AvgIpc) is 3.68. The molecule has 0 amide bonds. The highest BCUT2D eigenvalue weighted by atomic mass is 16.2. The largest absolute Gasteiger partial charge is 0.337 e. The lowest BCUT2D eigenvalue weighted by molar-refractivity contribution is 0.631. The van der Waals surface area contributed by atoms with E-state index in [0.29, 0.717) is 42.2 Å². The number of hydrogen-bond donors (Lipinski definition) is 1. The molecule has 212 valence electrons. The van der Waals surface area contributed by atoms with E-state index in [-0.39, 0.29) is 11.2 Å². The molecule has 10 nitrogen and oxygen atoms in total. The van der Waals surface area contributed by atoms with E-state index in [4.69, 9.17) is 4.98 Å². The van der Waals surface area contributed by atoms with Gasteiger partial charge in [0.25, 0.3) is 5.56 Å². The number of rotatable bonds is 10. The first kappa shape index (κ1) is 27.1. The molecule has 0 spiro atoms. The number of nitrogens with zero attached hydrogens (tertiary/aromatic N) is 7. The van der Waals surface area contributed by atoms with Crippen LogP contribution in [-0.4, -0.2) is 39.3 Å². The molecule has 42 heavy (non-hydrogen) atoms. The van der Waals surface area contributed by atoms with Crippen molar-refractivity contribution in [2.75, 3.05) is 0 Å². The van der Waals surface area contributed by atoms with Crippen molar-refractivity contribution in [3.8, 4) is 28.2 Å². The van der Waals surface area contributed by atoms with Gasteiger partial charge in [0.1, 0.15) is 5.82 Å². The topological polar surface area (TPSA) is 116 Å². The van der Waals surface area contributed by atoms with Crippen LogP contribution in [0.2, 0.25) is 0 Å². The molecule has 0 saturated heterocycles. The zero-order valence-corrected chi connectivity index (χ0v) is 23.7. The fourth-order valence-electron chi connectivity index (χ4n) is 5.39. The Morgan fingerprint density at radius 1 is 0.810 bits per heavy atom. The lowest BCUT2D eigenvalue weighted by atomic mass is 9.98. The van der Waals surface area contributed by atoms with Gasteiger partial charge >= 0.3 is 5.69 Å². The number of unbranched alkanes of at least 4 members (excludes halogenated alkanes) is 1. The number of aryl methyl sites for hydroxylation is 2. The number of benzene rings is 3. The van der Waals surface area contributed by atoms with Gasteiger partial charge in [-0.25, -0.2) is 14.3 Å². The van der Waals surface area contributed by atoms with Crippen LogP contribution < -0.4 is 11.2 Å². The first-order chi connectivity index (χ1) is 20.6. The normalized spacial score (nSPS) is 11.4. The summed E-state index contributed by atoms with van der Waals surface area (Å²) in [6.45, 7) is 5.08. The molecule has 3 aromatic heterocycles. The lowest BCUT2D eigenvalue weighted by Gasteiger charge is -2.13. The quantitative estimate of drug-likeness (QED) is 0.252. The van der Waals surface area contributed by atoms with Gasteiger partial charge in [0.15, 0.2) is 11.2 Å². The molecule has 3 aromatic carbocycles. The maximum atomic E-state index is 14.1. The van der Waals surface area contributed by atoms with Crippen LogP contribution in [0.3, 0.4) is 0 Å². The minimum absolute atomic E-state index is 0.352. The summed E-state index contributed by atoms with van der Waals surface area (Å²) in [5, 5.41) is 14.5. The summed E-state index contributed by atoms with van der Waals surface area (Å²) in [7, 11) is 0. The number of para-hydroxylation sites is 1. The van der Waals surface area contributed by atoms with Gasteiger partial charge in [-0.05, 0) is 46.9 Å². The van der Waals surface area contributed by atoms with Crippen molar-refractivity contribution >= 4 is 11.2 Å². The average molecular weight is 561 g/mol. The van der Waals surface area contributed by atoms with Crippen LogP contribution in [0.25, 0.3) is 39.4 Å². The monoisotopic (exact) mass is 560 g/mol. The number of aromatic amines is 1. The summed E-state index contributed by atoms with van der Waals surface area (Å²) < 4.78 is 4.92. The minimum Gasteiger partial charge on any atom is -0.318 e. The van der Waals surface area contributed by atoms with Crippen molar-refractivity contribution in [1.29, 1.82) is 0 Å². The Bertz CT molecular complexity index is 1940. The Morgan fingerprint density at radius 2 is 1.55 bits per heavy atom. The molecule has 0 saturated carbocycles. The van der Waals surface area contributed by atoms with Crippen molar-refractivity contribution in [1.82, 2.24) is 39.3 Å². The standard InChI is InChI=1S/C32H32N8O2/c1-3-5-15-27-33-30-28(31(41)40(24-11-7-6-8-12-24)32(42)38(30)20-4-2)39(27)21-22-16-18-23(19-17-22)25-13-9-10-14-26(25)29-34-36-37-35-29/h6-14,16-19H,3-5,15,20-21H2,1-2H3,(H,34,35,36,37). The van der Waals surface area contributed by atoms with Crippen molar-refractivity contribution in [2.24, 2.45) is 0 Å². The summed E-state index contributed by atoms with van der Waals surface area (Å²) >= 11 is 0. The second-order valence-corrected chi connectivity index (χ2v) is 10.3. The Labute approximate surface area is 242 Å². The van der Waals surface area contributed by atoms with Crippen LogP contribution in [0.1, 0.15) is 44.5 Å². The van der Waals surface area contributed by atoms with E-state index in [1.54, 1.807) is 16.7 Å². The molecule has 0 atom stereocenters. The van der Waals surface area contributed by atoms with E-state index in [1.165, 1.54) is 4.57 Å². The summed E-state index contributed by atoms with van der Waals surface area (Å²) in [6, 6.07) is 25.3. The number of tetrazole rings is 1. The maximum absolute atomic E-state index is 14.1. The molecule has 1 N–H and O–H groups in total. The number of H-pyrrole nitrogens is 1. The van der Waals surface area contributed by atoms with Crippen LogP contribution in [0.15, 0.2) is 88.5 Å². The summed E-state index contributed by atoms with van der Waals surface area (Å²) in [5.74, 6) is 1.35. The van der Waals surface area contributed by atoms with Gasteiger partial charge in [0.2, 0.25) is 5.82 Å². The number of hydrogen-bond acceptors (Lipinski definition) is 6. The van der Waals surface area contributed by atoms with E-state index in [0.717, 1.165) is 47.3 Å². The Kier molecular flexibility index (Phi) is 7.59. The summed E-state index contributed by atoms with van der Waals surface area (Å²) in [6.07, 6.45) is 3.38. The molecule has 6 aromatic rings. The first-order valence-electron chi connectivity index (χ1n) is 14.3. The maximum Gasteiger partial charge on any atom is 0.337 e. The van der Waals surface area contributed by atoms with E-state index < -0.39 is 0 Å². The van der Waals surface area contributed by atoms with E-state index in [9.17, 15) is 9.59 Å². The van der Waals surface area contributed by atoms with Crippen molar-refractivity contribution in [3.05, 3.63) is 111 Å². The second-order valence-electron chi connectivity index (χ2n) is 10.3. The van der Waals surface area contributed by atoms with Gasteiger partial charge < -0.3 is 4.57 Å². The Morgan fingerprint density at radius 3 is 2.24 bits per heavy atom. The molecule has 0 aliphatic rings. The Hall–Kier alpha value is -5.12. The van der Waals surface area contributed by atoms with Crippen LogP contribution in [0.5, 0.6) is 0 Å². The molecule has 10 heteroatoms. The zero-order valence-electron chi connectivity index (χ0n) is 23.7. The third-order valence-electron chi connectivity index (χ3n) is 7.45. The molecule has 0 aliphatic carbocycles. The lowest BCUT2D eigenvalue weighted by Crippen LogP contribution is -2.39. The van der Waals surface area contributed by atoms with Crippen molar-refractivity contribution in [3.63, 3.8) is 0 Å². The predicted octanol–water partition coefficient (Wildman–Crippen LogP) is 5.00. The minimum atomic E-state index is -0.364. The molecule has 0 aliphatic heterocycles. The van der Waals surface area contributed by atoms with E-state index >= 15 is 0 Å². The van der Waals surface area contributed by atoms with Crippen molar-refractivity contribution < 1.29 is 0 Å². The van der Waals surface area contributed by atoms with E-state index in [1.807, 2.05) is 54.0 Å². The molecule has 3 heterocycles. The summed E-state index contributed by atoms with van der Waals surface area (Å²) in [4.78, 5) is 32.6. The number of imidazole rings is 1. The van der Waals surface area contributed by atoms with Gasteiger partial charge in [0, 0.05) is 25.1 Å². The number of aromatic nitrogens is 8. The zero-order chi connectivity index (χ0) is 29.1.